The maximum atomic E-state index is 12.7. The standard InChI is InChI=1S/C25H25N3O4/c1-25(2)22(29)21(19-12-16(14-26)8-9-20(19)32-25)31-23-17-13-18(17)24(30)28(27-23)11-10-15-6-4-3-5-7-15/h3-9,12,17-18,21-22,29H,10-11,13H2,1-2H3/t17-,18+,21-,22+/m1/s1. The van der Waals surface area contributed by atoms with Gasteiger partial charge in [0.2, 0.25) is 11.8 Å². The van der Waals surface area contributed by atoms with Gasteiger partial charge < -0.3 is 14.6 Å². The van der Waals surface area contributed by atoms with E-state index in [9.17, 15) is 15.2 Å². The summed E-state index contributed by atoms with van der Waals surface area (Å²) in [5, 5.41) is 26.4. The monoisotopic (exact) mass is 431 g/mol. The molecule has 2 aliphatic heterocycles. The lowest BCUT2D eigenvalue weighted by atomic mass is 9.87. The van der Waals surface area contributed by atoms with Crippen LogP contribution < -0.4 is 4.74 Å². The van der Waals surface area contributed by atoms with Gasteiger partial charge in [-0.25, -0.2) is 5.01 Å². The first-order chi connectivity index (χ1) is 15.4. The SMILES string of the molecule is CC1(C)Oc2ccc(C#N)cc2[C@@H](OC2=NN(CCc3ccccc3)C(=O)[C@H]3C[C@@H]23)[C@@H]1O. The fourth-order valence-electron chi connectivity index (χ4n) is 4.40. The summed E-state index contributed by atoms with van der Waals surface area (Å²) < 4.78 is 12.3. The van der Waals surface area contributed by atoms with E-state index >= 15 is 0 Å². The summed E-state index contributed by atoms with van der Waals surface area (Å²) in [6.45, 7) is 4.07. The predicted molar refractivity (Wildman–Crippen MR) is 117 cm³/mol. The number of carbonyl (C=O) groups excluding carboxylic acids is 1. The number of hydrogen-bond donors (Lipinski definition) is 1. The smallest absolute Gasteiger partial charge is 0.246 e. The number of fused-ring (bicyclic) bond motifs is 2. The van der Waals surface area contributed by atoms with Crippen LogP contribution >= 0.6 is 0 Å². The Morgan fingerprint density at radius 3 is 2.78 bits per heavy atom. The molecule has 1 N–H and O–H groups in total. The number of aliphatic hydroxyl groups excluding tert-OH is 1. The van der Waals surface area contributed by atoms with Crippen molar-refractivity contribution in [3.8, 4) is 11.8 Å². The lowest BCUT2D eigenvalue weighted by molar-refractivity contribution is -0.134. The lowest BCUT2D eigenvalue weighted by Crippen LogP contribution is -2.50. The third kappa shape index (κ3) is 3.61. The summed E-state index contributed by atoms with van der Waals surface area (Å²) in [6.07, 6.45) is -0.319. The molecule has 7 heteroatoms. The number of benzene rings is 2. The average Bonchev–Trinajstić information content (AvgIpc) is 3.59. The van der Waals surface area contributed by atoms with E-state index in [1.165, 1.54) is 5.01 Å². The van der Waals surface area contributed by atoms with E-state index in [1.807, 2.05) is 30.3 Å². The number of nitrogens with zero attached hydrogens (tertiary/aromatic N) is 3. The van der Waals surface area contributed by atoms with Crippen LogP contribution in [0.2, 0.25) is 0 Å². The molecule has 2 aromatic carbocycles. The maximum absolute atomic E-state index is 12.7. The number of aliphatic hydroxyl groups is 1. The van der Waals surface area contributed by atoms with Gasteiger partial charge in [-0.2, -0.15) is 5.26 Å². The van der Waals surface area contributed by atoms with Crippen LogP contribution in [0.4, 0.5) is 0 Å². The summed E-state index contributed by atoms with van der Waals surface area (Å²) in [6, 6.07) is 17.2. The summed E-state index contributed by atoms with van der Waals surface area (Å²) in [5.41, 5.74) is 1.33. The molecule has 7 nitrogen and oxygen atoms in total. The van der Waals surface area contributed by atoms with Crippen molar-refractivity contribution in [3.05, 3.63) is 65.2 Å². The van der Waals surface area contributed by atoms with Crippen molar-refractivity contribution in [2.24, 2.45) is 16.9 Å². The quantitative estimate of drug-likeness (QED) is 0.802. The molecule has 1 fully saturated rings. The van der Waals surface area contributed by atoms with E-state index in [1.54, 1.807) is 32.0 Å². The Bertz CT molecular complexity index is 1120. The Labute approximate surface area is 186 Å². The van der Waals surface area contributed by atoms with Gasteiger partial charge in [0.15, 0.2) is 6.10 Å². The topological polar surface area (TPSA) is 95.2 Å². The number of rotatable bonds is 4. The largest absolute Gasteiger partial charge is 0.485 e. The van der Waals surface area contributed by atoms with Crippen molar-refractivity contribution in [3.63, 3.8) is 0 Å². The molecule has 0 spiro atoms. The molecule has 1 saturated carbocycles. The van der Waals surface area contributed by atoms with E-state index in [0.717, 1.165) is 5.56 Å². The minimum absolute atomic E-state index is 0.0262. The van der Waals surface area contributed by atoms with E-state index in [0.29, 0.717) is 42.2 Å². The van der Waals surface area contributed by atoms with Crippen LogP contribution in [0.1, 0.15) is 43.1 Å². The van der Waals surface area contributed by atoms with Crippen molar-refractivity contribution in [1.29, 1.82) is 5.26 Å². The van der Waals surface area contributed by atoms with Gasteiger partial charge >= 0.3 is 0 Å². The molecule has 3 aliphatic rings. The van der Waals surface area contributed by atoms with Crippen molar-refractivity contribution in [1.82, 2.24) is 5.01 Å². The molecule has 4 atom stereocenters. The molecule has 5 rings (SSSR count). The molecule has 2 aromatic rings. The number of ether oxygens (including phenoxy) is 2. The van der Waals surface area contributed by atoms with E-state index in [2.05, 4.69) is 11.2 Å². The third-order valence-electron chi connectivity index (χ3n) is 6.42. The molecule has 0 saturated heterocycles. The zero-order chi connectivity index (χ0) is 22.5. The Morgan fingerprint density at radius 1 is 1.25 bits per heavy atom. The molecule has 32 heavy (non-hydrogen) atoms. The Hall–Kier alpha value is -3.37. The summed E-state index contributed by atoms with van der Waals surface area (Å²) in [4.78, 5) is 12.7. The number of carbonyl (C=O) groups is 1. The van der Waals surface area contributed by atoms with Gasteiger partial charge in [0.1, 0.15) is 17.5 Å². The number of nitriles is 1. The minimum Gasteiger partial charge on any atom is -0.485 e. The number of amides is 1. The zero-order valence-electron chi connectivity index (χ0n) is 18.1. The fourth-order valence-corrected chi connectivity index (χ4v) is 4.40. The van der Waals surface area contributed by atoms with Gasteiger partial charge in [-0.15, -0.1) is 5.10 Å². The summed E-state index contributed by atoms with van der Waals surface area (Å²) >= 11 is 0. The van der Waals surface area contributed by atoms with Gasteiger partial charge in [0.05, 0.1) is 17.6 Å². The van der Waals surface area contributed by atoms with Gasteiger partial charge in [-0.05, 0) is 50.5 Å². The van der Waals surface area contributed by atoms with Crippen LogP contribution in [0.15, 0.2) is 53.6 Å². The first-order valence-electron chi connectivity index (χ1n) is 10.9. The second kappa shape index (κ2) is 7.64. The van der Waals surface area contributed by atoms with Crippen molar-refractivity contribution in [2.45, 2.75) is 44.5 Å². The van der Waals surface area contributed by atoms with E-state index < -0.39 is 17.8 Å². The van der Waals surface area contributed by atoms with Crippen LogP contribution in [0.25, 0.3) is 0 Å². The molecule has 0 aromatic heterocycles. The van der Waals surface area contributed by atoms with Gasteiger partial charge in [0, 0.05) is 18.0 Å². The number of hydrazone groups is 1. The van der Waals surface area contributed by atoms with E-state index in [4.69, 9.17) is 9.47 Å². The van der Waals surface area contributed by atoms with Crippen LogP contribution in [0.5, 0.6) is 5.75 Å². The molecule has 2 heterocycles. The first-order valence-corrected chi connectivity index (χ1v) is 10.9. The van der Waals surface area contributed by atoms with Crippen LogP contribution in [-0.2, 0) is 16.0 Å². The lowest BCUT2D eigenvalue weighted by Gasteiger charge is -2.42. The fraction of sp³-hybridized carbons (Fsp3) is 0.400. The van der Waals surface area contributed by atoms with Gasteiger partial charge in [0.25, 0.3) is 0 Å². The molecule has 0 bridgehead atoms. The Balaban J connectivity index is 1.42. The predicted octanol–water partition coefficient (Wildman–Crippen LogP) is 3.18. The highest BCUT2D eigenvalue weighted by atomic mass is 16.5. The van der Waals surface area contributed by atoms with Crippen LogP contribution in [-0.4, -0.2) is 40.2 Å². The number of hydrogen-bond acceptors (Lipinski definition) is 6. The Kier molecular flexibility index (Phi) is 4.90. The normalized spacial score (nSPS) is 27.4. The third-order valence-corrected chi connectivity index (χ3v) is 6.42. The summed E-state index contributed by atoms with van der Waals surface area (Å²) in [5.74, 6) is 0.894. The molecule has 0 radical (unpaired) electrons. The summed E-state index contributed by atoms with van der Waals surface area (Å²) in [7, 11) is 0. The average molecular weight is 431 g/mol. The highest BCUT2D eigenvalue weighted by molar-refractivity contribution is 5.96. The second-order valence-electron chi connectivity index (χ2n) is 9.14. The van der Waals surface area contributed by atoms with Gasteiger partial charge in [-0.3, -0.25) is 4.79 Å². The molecular formula is C25H25N3O4. The minimum atomic E-state index is -0.973. The van der Waals surface area contributed by atoms with Crippen LogP contribution in [0.3, 0.4) is 0 Å². The second-order valence-corrected chi connectivity index (χ2v) is 9.14. The highest BCUT2D eigenvalue weighted by Crippen LogP contribution is 2.48. The first kappa shape index (κ1) is 20.5. The molecular weight excluding hydrogens is 406 g/mol. The van der Waals surface area contributed by atoms with Crippen molar-refractivity contribution >= 4 is 11.8 Å². The molecule has 1 aliphatic carbocycles. The molecule has 164 valence electrons. The van der Waals surface area contributed by atoms with Crippen LogP contribution in [0, 0.1) is 23.2 Å². The van der Waals surface area contributed by atoms with Crippen molar-refractivity contribution in [2.75, 3.05) is 6.54 Å². The van der Waals surface area contributed by atoms with Gasteiger partial charge in [-0.1, -0.05) is 30.3 Å². The maximum Gasteiger partial charge on any atom is 0.246 e. The highest BCUT2D eigenvalue weighted by Gasteiger charge is 2.54. The molecule has 0 unspecified atom stereocenters. The van der Waals surface area contributed by atoms with Crippen molar-refractivity contribution < 1.29 is 19.4 Å². The molecule has 1 amide bonds. The van der Waals surface area contributed by atoms with E-state index in [-0.39, 0.29) is 17.7 Å². The Morgan fingerprint density at radius 2 is 2.03 bits per heavy atom. The zero-order valence-corrected chi connectivity index (χ0v) is 18.1.